The van der Waals surface area contributed by atoms with Crippen molar-refractivity contribution in [1.29, 1.82) is 0 Å². The van der Waals surface area contributed by atoms with Gasteiger partial charge in [0.2, 0.25) is 0 Å². The summed E-state index contributed by atoms with van der Waals surface area (Å²) >= 11 is 3.42. The molecule has 0 aromatic heterocycles. The number of benzene rings is 2. The van der Waals surface area contributed by atoms with Crippen LogP contribution in [0.5, 0.6) is 5.75 Å². The predicted molar refractivity (Wildman–Crippen MR) is 76.1 cm³/mol. The van der Waals surface area contributed by atoms with Gasteiger partial charge < -0.3 is 4.74 Å². The fraction of sp³-hybridized carbons (Fsp3) is 0.0667. The lowest BCUT2D eigenvalue weighted by molar-refractivity contribution is 0.414. The minimum absolute atomic E-state index is 0.878. The van der Waals surface area contributed by atoms with Crippen LogP contribution in [-0.4, -0.2) is 7.11 Å². The van der Waals surface area contributed by atoms with Crippen molar-refractivity contribution in [1.82, 2.24) is 0 Å². The Hall–Kier alpha value is -1.54. The third kappa shape index (κ3) is 3.46. The molecular weight excluding hydrogens is 276 g/mol. The van der Waals surface area contributed by atoms with Crippen molar-refractivity contribution < 1.29 is 4.74 Å². The van der Waals surface area contributed by atoms with E-state index in [0.29, 0.717) is 0 Å². The first-order valence-corrected chi connectivity index (χ1v) is 6.15. The lowest BCUT2D eigenvalue weighted by Gasteiger charge is -2.00. The third-order valence-corrected chi connectivity index (χ3v) is 2.96. The number of hydrogen-bond donors (Lipinski definition) is 0. The zero-order chi connectivity index (χ0) is 12.1. The predicted octanol–water partition coefficient (Wildman–Crippen LogP) is 4.63. The van der Waals surface area contributed by atoms with E-state index in [1.54, 1.807) is 7.11 Å². The molecule has 86 valence electrons. The average molecular weight is 289 g/mol. The highest BCUT2D eigenvalue weighted by Gasteiger charge is 1.92. The van der Waals surface area contributed by atoms with E-state index in [2.05, 4.69) is 46.3 Å². The quantitative estimate of drug-likeness (QED) is 0.749. The number of ether oxygens (including phenoxy) is 1. The molecule has 2 heteroatoms. The van der Waals surface area contributed by atoms with Gasteiger partial charge in [-0.15, -0.1) is 0 Å². The second kappa shape index (κ2) is 5.69. The maximum Gasteiger partial charge on any atom is 0.119 e. The number of hydrogen-bond acceptors (Lipinski definition) is 1. The van der Waals surface area contributed by atoms with Gasteiger partial charge in [-0.3, -0.25) is 0 Å². The summed E-state index contributed by atoms with van der Waals surface area (Å²) in [4.78, 5) is 0. The van der Waals surface area contributed by atoms with E-state index in [1.807, 2.05) is 30.3 Å². The zero-order valence-electron chi connectivity index (χ0n) is 9.56. The van der Waals surface area contributed by atoms with Crippen LogP contribution in [0.25, 0.3) is 12.2 Å². The van der Waals surface area contributed by atoms with Gasteiger partial charge in [0.05, 0.1) is 7.11 Å². The van der Waals surface area contributed by atoms with Crippen LogP contribution >= 0.6 is 15.9 Å². The van der Waals surface area contributed by atoms with Crippen molar-refractivity contribution in [2.45, 2.75) is 0 Å². The number of rotatable bonds is 3. The summed E-state index contributed by atoms with van der Waals surface area (Å²) in [6.07, 6.45) is 4.16. The van der Waals surface area contributed by atoms with E-state index in [9.17, 15) is 0 Å². The summed E-state index contributed by atoms with van der Waals surface area (Å²) in [5, 5.41) is 0. The van der Waals surface area contributed by atoms with Gasteiger partial charge in [0.1, 0.15) is 5.75 Å². The van der Waals surface area contributed by atoms with Gasteiger partial charge in [0.15, 0.2) is 0 Å². The molecule has 17 heavy (non-hydrogen) atoms. The van der Waals surface area contributed by atoms with Crippen molar-refractivity contribution in [3.8, 4) is 5.75 Å². The fourth-order valence-corrected chi connectivity index (χ4v) is 1.78. The molecule has 0 N–H and O–H groups in total. The van der Waals surface area contributed by atoms with Crippen molar-refractivity contribution in [2.24, 2.45) is 0 Å². The molecule has 0 atom stereocenters. The molecule has 2 rings (SSSR count). The lowest BCUT2D eigenvalue weighted by Crippen LogP contribution is -1.82. The molecule has 0 bridgehead atoms. The van der Waals surface area contributed by atoms with Crippen LogP contribution in [-0.2, 0) is 0 Å². The first-order valence-electron chi connectivity index (χ1n) is 5.35. The Kier molecular flexibility index (Phi) is 3.99. The summed E-state index contributed by atoms with van der Waals surface area (Å²) in [7, 11) is 1.68. The Balaban J connectivity index is 2.16. The number of halogens is 1. The lowest BCUT2D eigenvalue weighted by atomic mass is 10.1. The van der Waals surface area contributed by atoms with Gasteiger partial charge in [-0.1, -0.05) is 52.3 Å². The van der Waals surface area contributed by atoms with Crippen molar-refractivity contribution >= 4 is 28.1 Å². The molecule has 0 saturated carbocycles. The summed E-state index contributed by atoms with van der Waals surface area (Å²) in [6, 6.07) is 16.2. The second-order valence-electron chi connectivity index (χ2n) is 3.66. The fourth-order valence-electron chi connectivity index (χ4n) is 1.51. The van der Waals surface area contributed by atoms with Crippen molar-refractivity contribution in [3.05, 3.63) is 64.1 Å². The summed E-state index contributed by atoms with van der Waals surface area (Å²) in [5.41, 5.74) is 2.31. The van der Waals surface area contributed by atoms with Crippen LogP contribution in [0.4, 0.5) is 0 Å². The van der Waals surface area contributed by atoms with E-state index in [4.69, 9.17) is 4.74 Å². The molecule has 0 fully saturated rings. The highest BCUT2D eigenvalue weighted by atomic mass is 79.9. The Bertz CT molecular complexity index is 515. The largest absolute Gasteiger partial charge is 0.497 e. The molecule has 1 nitrogen and oxygen atoms in total. The molecule has 0 heterocycles. The molecule has 0 radical (unpaired) electrons. The van der Waals surface area contributed by atoms with Gasteiger partial charge in [0, 0.05) is 4.47 Å². The van der Waals surface area contributed by atoms with E-state index < -0.39 is 0 Å². The van der Waals surface area contributed by atoms with E-state index >= 15 is 0 Å². The Labute approximate surface area is 110 Å². The van der Waals surface area contributed by atoms with E-state index in [-0.39, 0.29) is 0 Å². The summed E-state index contributed by atoms with van der Waals surface area (Å²) < 4.78 is 6.28. The molecule has 0 aliphatic carbocycles. The average Bonchev–Trinajstić information content (AvgIpc) is 2.38. The van der Waals surface area contributed by atoms with E-state index in [1.165, 1.54) is 5.56 Å². The summed E-state index contributed by atoms with van der Waals surface area (Å²) in [6.45, 7) is 0. The Morgan fingerprint density at radius 3 is 2.35 bits per heavy atom. The van der Waals surface area contributed by atoms with Crippen LogP contribution in [0.3, 0.4) is 0 Å². The van der Waals surface area contributed by atoms with Crippen molar-refractivity contribution in [2.75, 3.05) is 7.11 Å². The van der Waals surface area contributed by atoms with E-state index in [0.717, 1.165) is 15.8 Å². The first kappa shape index (κ1) is 11.9. The SMILES string of the molecule is COc1cccc(/C=C/c2ccc(Br)cc2)c1. The number of methoxy groups -OCH3 is 1. The smallest absolute Gasteiger partial charge is 0.119 e. The Morgan fingerprint density at radius 1 is 0.941 bits per heavy atom. The maximum atomic E-state index is 5.18. The normalized spacial score (nSPS) is 10.7. The minimum atomic E-state index is 0.878. The maximum absolute atomic E-state index is 5.18. The van der Waals surface area contributed by atoms with Gasteiger partial charge in [-0.05, 0) is 35.4 Å². The molecule has 0 aliphatic rings. The van der Waals surface area contributed by atoms with Crippen molar-refractivity contribution in [3.63, 3.8) is 0 Å². The molecule has 0 unspecified atom stereocenters. The molecule has 2 aromatic carbocycles. The van der Waals surface area contributed by atoms with Gasteiger partial charge in [-0.2, -0.15) is 0 Å². The molecule has 0 aliphatic heterocycles. The third-order valence-electron chi connectivity index (χ3n) is 2.43. The van der Waals surface area contributed by atoms with Crippen LogP contribution in [0.1, 0.15) is 11.1 Å². The van der Waals surface area contributed by atoms with Crippen LogP contribution < -0.4 is 4.74 Å². The first-order chi connectivity index (χ1) is 8.28. The highest BCUT2D eigenvalue weighted by Crippen LogP contribution is 2.16. The molecular formula is C15H13BrO. The summed E-state index contributed by atoms with van der Waals surface area (Å²) in [5.74, 6) is 0.878. The molecule has 0 spiro atoms. The molecule has 0 amide bonds. The Morgan fingerprint density at radius 2 is 1.65 bits per heavy atom. The molecule has 0 saturated heterocycles. The minimum Gasteiger partial charge on any atom is -0.497 e. The highest BCUT2D eigenvalue weighted by molar-refractivity contribution is 9.10. The topological polar surface area (TPSA) is 9.23 Å². The van der Waals surface area contributed by atoms with Gasteiger partial charge in [0.25, 0.3) is 0 Å². The van der Waals surface area contributed by atoms with Crippen LogP contribution in [0, 0.1) is 0 Å². The van der Waals surface area contributed by atoms with Crippen LogP contribution in [0.15, 0.2) is 53.0 Å². The standard InChI is InChI=1S/C15H13BrO/c1-17-15-4-2-3-13(11-15)6-5-12-7-9-14(16)10-8-12/h2-11H,1H3/b6-5+. The monoisotopic (exact) mass is 288 g/mol. The van der Waals surface area contributed by atoms with Crippen LogP contribution in [0.2, 0.25) is 0 Å². The van der Waals surface area contributed by atoms with Gasteiger partial charge >= 0.3 is 0 Å². The zero-order valence-corrected chi connectivity index (χ0v) is 11.1. The molecule has 2 aromatic rings. The van der Waals surface area contributed by atoms with Gasteiger partial charge in [-0.25, -0.2) is 0 Å². The second-order valence-corrected chi connectivity index (χ2v) is 4.58.